The van der Waals surface area contributed by atoms with Gasteiger partial charge in [-0.3, -0.25) is 4.79 Å². The molecule has 27 heavy (non-hydrogen) atoms. The van der Waals surface area contributed by atoms with Crippen LogP contribution in [0.4, 0.5) is 5.82 Å². The Morgan fingerprint density at radius 2 is 1.89 bits per heavy atom. The van der Waals surface area contributed by atoms with Gasteiger partial charge in [-0.05, 0) is 32.8 Å². The van der Waals surface area contributed by atoms with E-state index < -0.39 is 0 Å². The van der Waals surface area contributed by atoms with Gasteiger partial charge in [0.15, 0.2) is 0 Å². The zero-order valence-corrected chi connectivity index (χ0v) is 16.9. The molecule has 1 saturated carbocycles. The van der Waals surface area contributed by atoms with Crippen LogP contribution in [0.15, 0.2) is 12.3 Å². The molecule has 1 aliphatic carbocycles. The number of aromatic nitrogens is 1. The quantitative estimate of drug-likeness (QED) is 0.772. The molecule has 6 nitrogen and oxygen atoms in total. The number of anilines is 1. The monoisotopic (exact) mass is 393 g/mol. The SMILES string of the molecule is CC1(C)CN(c2ncc(C(=O)N3CCOCC3)cc2Cl)CC2(CCCC2)O1. The molecule has 2 saturated heterocycles. The Kier molecular flexibility index (Phi) is 5.08. The molecule has 4 rings (SSSR count). The van der Waals surface area contributed by atoms with Gasteiger partial charge in [-0.15, -0.1) is 0 Å². The van der Waals surface area contributed by atoms with Crippen LogP contribution in [0.25, 0.3) is 0 Å². The van der Waals surface area contributed by atoms with Crippen molar-refractivity contribution in [3.8, 4) is 0 Å². The number of pyridine rings is 1. The van der Waals surface area contributed by atoms with E-state index in [0.717, 1.165) is 31.7 Å². The largest absolute Gasteiger partial charge is 0.378 e. The van der Waals surface area contributed by atoms with E-state index in [0.29, 0.717) is 36.9 Å². The summed E-state index contributed by atoms with van der Waals surface area (Å²) in [5.41, 5.74) is 0.180. The summed E-state index contributed by atoms with van der Waals surface area (Å²) in [5.74, 6) is 0.715. The minimum atomic E-state index is -0.254. The second kappa shape index (κ2) is 7.22. The Bertz CT molecular complexity index is 712. The van der Waals surface area contributed by atoms with Gasteiger partial charge in [0.2, 0.25) is 0 Å². The van der Waals surface area contributed by atoms with Crippen LogP contribution in [0.5, 0.6) is 0 Å². The van der Waals surface area contributed by atoms with Crippen molar-refractivity contribution < 1.29 is 14.3 Å². The number of carbonyl (C=O) groups is 1. The molecule has 1 aromatic heterocycles. The summed E-state index contributed by atoms with van der Waals surface area (Å²) < 4.78 is 11.8. The highest BCUT2D eigenvalue weighted by atomic mass is 35.5. The maximum Gasteiger partial charge on any atom is 0.255 e. The Hall–Kier alpha value is -1.37. The molecule has 3 aliphatic rings. The van der Waals surface area contributed by atoms with E-state index in [-0.39, 0.29) is 17.1 Å². The van der Waals surface area contributed by atoms with Crippen LogP contribution in [0.1, 0.15) is 49.9 Å². The van der Waals surface area contributed by atoms with Crippen LogP contribution in [0, 0.1) is 0 Å². The smallest absolute Gasteiger partial charge is 0.255 e. The first-order valence-electron chi connectivity index (χ1n) is 9.85. The number of rotatable bonds is 2. The van der Waals surface area contributed by atoms with Gasteiger partial charge < -0.3 is 19.3 Å². The molecule has 0 unspecified atom stereocenters. The van der Waals surface area contributed by atoms with Crippen molar-refractivity contribution in [2.45, 2.75) is 50.7 Å². The fourth-order valence-corrected chi connectivity index (χ4v) is 4.96. The molecule has 3 heterocycles. The summed E-state index contributed by atoms with van der Waals surface area (Å²) >= 11 is 6.59. The molecule has 2 aliphatic heterocycles. The predicted molar refractivity (Wildman–Crippen MR) is 105 cm³/mol. The molecular weight excluding hydrogens is 366 g/mol. The van der Waals surface area contributed by atoms with Gasteiger partial charge in [0, 0.05) is 32.4 Å². The molecule has 0 bridgehead atoms. The first kappa shape index (κ1) is 19.0. The molecule has 0 N–H and O–H groups in total. The second-order valence-corrected chi connectivity index (χ2v) is 8.95. The molecule has 148 valence electrons. The number of nitrogens with zero attached hydrogens (tertiary/aromatic N) is 3. The predicted octanol–water partition coefficient (Wildman–Crippen LogP) is 3.14. The number of amides is 1. The number of halogens is 1. The zero-order valence-electron chi connectivity index (χ0n) is 16.2. The first-order valence-corrected chi connectivity index (χ1v) is 10.2. The van der Waals surface area contributed by atoms with Crippen LogP contribution < -0.4 is 4.90 Å². The highest BCUT2D eigenvalue weighted by Gasteiger charge is 2.46. The van der Waals surface area contributed by atoms with E-state index in [1.807, 2.05) is 0 Å². The van der Waals surface area contributed by atoms with E-state index >= 15 is 0 Å². The van der Waals surface area contributed by atoms with E-state index in [1.54, 1.807) is 17.2 Å². The third-order valence-corrected chi connectivity index (χ3v) is 6.00. The summed E-state index contributed by atoms with van der Waals surface area (Å²) in [6.07, 6.45) is 6.23. The van der Waals surface area contributed by atoms with Crippen LogP contribution in [-0.4, -0.2) is 66.4 Å². The number of morpholine rings is 2. The topological polar surface area (TPSA) is 54.9 Å². The lowest BCUT2D eigenvalue weighted by molar-refractivity contribution is -0.148. The number of hydrogen-bond acceptors (Lipinski definition) is 5. The van der Waals surface area contributed by atoms with Gasteiger partial charge >= 0.3 is 0 Å². The summed E-state index contributed by atoms with van der Waals surface area (Å²) in [7, 11) is 0. The Morgan fingerprint density at radius 3 is 2.56 bits per heavy atom. The fourth-order valence-electron chi connectivity index (χ4n) is 4.67. The van der Waals surface area contributed by atoms with E-state index in [1.165, 1.54) is 12.8 Å². The van der Waals surface area contributed by atoms with E-state index in [9.17, 15) is 4.79 Å². The Morgan fingerprint density at radius 1 is 1.19 bits per heavy atom. The molecule has 1 amide bonds. The molecule has 1 spiro atoms. The van der Waals surface area contributed by atoms with Gasteiger partial charge in [-0.1, -0.05) is 24.4 Å². The number of hydrogen-bond donors (Lipinski definition) is 0. The second-order valence-electron chi connectivity index (χ2n) is 8.54. The number of ether oxygens (including phenoxy) is 2. The van der Waals surface area contributed by atoms with Gasteiger partial charge in [0.25, 0.3) is 5.91 Å². The highest BCUT2D eigenvalue weighted by molar-refractivity contribution is 6.33. The maximum atomic E-state index is 12.7. The van der Waals surface area contributed by atoms with Gasteiger partial charge in [-0.25, -0.2) is 4.98 Å². The summed E-state index contributed by atoms with van der Waals surface area (Å²) in [6, 6.07) is 1.76. The normalized spacial score (nSPS) is 24.4. The van der Waals surface area contributed by atoms with Crippen LogP contribution in [0.3, 0.4) is 0 Å². The summed E-state index contributed by atoms with van der Waals surface area (Å²) in [6.45, 7) is 8.17. The standard InChI is InChI=1S/C20H28ClN3O3/c1-19(2)13-24(14-20(27-19)5-3-4-6-20)17-16(21)11-15(12-22-17)18(25)23-7-9-26-10-8-23/h11-12H,3-10,13-14H2,1-2H3. The average Bonchev–Trinajstić information content (AvgIpc) is 3.07. The molecule has 0 aromatic carbocycles. The van der Waals surface area contributed by atoms with E-state index in [4.69, 9.17) is 21.1 Å². The third kappa shape index (κ3) is 3.93. The number of carbonyl (C=O) groups excluding carboxylic acids is 1. The highest BCUT2D eigenvalue weighted by Crippen LogP contribution is 2.42. The van der Waals surface area contributed by atoms with Crippen molar-refractivity contribution in [2.24, 2.45) is 0 Å². The van der Waals surface area contributed by atoms with Crippen molar-refractivity contribution in [2.75, 3.05) is 44.3 Å². The fraction of sp³-hybridized carbons (Fsp3) is 0.700. The van der Waals surface area contributed by atoms with Crippen molar-refractivity contribution in [3.05, 3.63) is 22.8 Å². The summed E-state index contributed by atoms with van der Waals surface area (Å²) in [4.78, 5) is 21.3. The Balaban J connectivity index is 1.55. The lowest BCUT2D eigenvalue weighted by Gasteiger charge is -2.49. The molecule has 0 atom stereocenters. The van der Waals surface area contributed by atoms with E-state index in [2.05, 4.69) is 23.7 Å². The first-order chi connectivity index (χ1) is 12.9. The minimum absolute atomic E-state index is 0.0335. The van der Waals surface area contributed by atoms with Gasteiger partial charge in [-0.2, -0.15) is 0 Å². The molecular formula is C20H28ClN3O3. The average molecular weight is 394 g/mol. The van der Waals surface area contributed by atoms with Crippen LogP contribution >= 0.6 is 11.6 Å². The minimum Gasteiger partial charge on any atom is -0.378 e. The zero-order chi connectivity index (χ0) is 19.1. The lowest BCUT2D eigenvalue weighted by atomic mass is 9.94. The molecule has 0 radical (unpaired) electrons. The molecule has 1 aromatic rings. The summed E-state index contributed by atoms with van der Waals surface area (Å²) in [5, 5.41) is 0.528. The third-order valence-electron chi connectivity index (χ3n) is 5.72. The molecule has 7 heteroatoms. The van der Waals surface area contributed by atoms with Crippen LogP contribution in [-0.2, 0) is 9.47 Å². The van der Waals surface area contributed by atoms with Gasteiger partial charge in [0.05, 0.1) is 35.0 Å². The van der Waals surface area contributed by atoms with Crippen molar-refractivity contribution >= 4 is 23.3 Å². The van der Waals surface area contributed by atoms with Crippen molar-refractivity contribution in [1.29, 1.82) is 0 Å². The van der Waals surface area contributed by atoms with Gasteiger partial charge in [0.1, 0.15) is 5.82 Å². The lowest BCUT2D eigenvalue weighted by Crippen LogP contribution is -2.59. The maximum absolute atomic E-state index is 12.7. The van der Waals surface area contributed by atoms with Crippen molar-refractivity contribution in [1.82, 2.24) is 9.88 Å². The van der Waals surface area contributed by atoms with Crippen molar-refractivity contribution in [3.63, 3.8) is 0 Å². The Labute approximate surface area is 165 Å². The molecule has 3 fully saturated rings. The van der Waals surface area contributed by atoms with Crippen LogP contribution in [0.2, 0.25) is 5.02 Å².